The van der Waals surface area contributed by atoms with Crippen molar-refractivity contribution in [2.24, 2.45) is 0 Å². The van der Waals surface area contributed by atoms with E-state index in [4.69, 9.17) is 20.8 Å². The van der Waals surface area contributed by atoms with Crippen molar-refractivity contribution in [2.75, 3.05) is 6.61 Å². The van der Waals surface area contributed by atoms with Gasteiger partial charge in [-0.1, -0.05) is 41.9 Å². The molecule has 2 aromatic carbocycles. The summed E-state index contributed by atoms with van der Waals surface area (Å²) in [5.41, 5.74) is 2.48. The maximum Gasteiger partial charge on any atom is 0.287 e. The van der Waals surface area contributed by atoms with Gasteiger partial charge in [0.1, 0.15) is 5.58 Å². The number of furan rings is 1. The zero-order valence-corrected chi connectivity index (χ0v) is 15.3. The lowest BCUT2D eigenvalue weighted by Crippen LogP contribution is -2.36. The van der Waals surface area contributed by atoms with Crippen LogP contribution in [0.1, 0.15) is 40.6 Å². The van der Waals surface area contributed by atoms with Crippen molar-refractivity contribution >= 4 is 28.5 Å². The monoisotopic (exact) mass is 369 g/mol. The van der Waals surface area contributed by atoms with Gasteiger partial charge in [0.05, 0.1) is 12.1 Å². The van der Waals surface area contributed by atoms with Crippen LogP contribution in [-0.4, -0.2) is 18.6 Å². The van der Waals surface area contributed by atoms with Crippen LogP contribution in [0.5, 0.6) is 0 Å². The molecule has 1 N–H and O–H groups in total. The lowest BCUT2D eigenvalue weighted by atomic mass is 9.99. The molecule has 0 aliphatic carbocycles. The first-order valence-electron chi connectivity index (χ1n) is 8.79. The first-order chi connectivity index (χ1) is 12.6. The molecule has 1 aliphatic rings. The number of benzene rings is 2. The molecule has 134 valence electrons. The van der Waals surface area contributed by atoms with E-state index in [9.17, 15) is 4.79 Å². The molecule has 0 unspecified atom stereocenters. The highest BCUT2D eigenvalue weighted by Gasteiger charge is 2.30. The highest BCUT2D eigenvalue weighted by Crippen LogP contribution is 2.30. The average molecular weight is 370 g/mol. The van der Waals surface area contributed by atoms with E-state index in [2.05, 4.69) is 5.32 Å². The fourth-order valence-electron chi connectivity index (χ4n) is 3.53. The molecule has 1 aromatic heterocycles. The third kappa shape index (κ3) is 3.22. The van der Waals surface area contributed by atoms with Crippen LogP contribution in [0.4, 0.5) is 0 Å². The Bertz CT molecular complexity index is 929. The summed E-state index contributed by atoms with van der Waals surface area (Å²) in [6.45, 7) is 2.60. The number of aryl methyl sites for hydroxylation is 1. The first-order valence-corrected chi connectivity index (χ1v) is 9.17. The Hall–Kier alpha value is -2.30. The quantitative estimate of drug-likeness (QED) is 0.700. The van der Waals surface area contributed by atoms with Crippen LogP contribution in [0.25, 0.3) is 11.0 Å². The van der Waals surface area contributed by atoms with Crippen LogP contribution < -0.4 is 5.32 Å². The topological polar surface area (TPSA) is 51.5 Å². The summed E-state index contributed by atoms with van der Waals surface area (Å²) < 4.78 is 11.7. The molecule has 0 bridgehead atoms. The van der Waals surface area contributed by atoms with Crippen molar-refractivity contribution < 1.29 is 13.9 Å². The Morgan fingerprint density at radius 2 is 2.04 bits per heavy atom. The van der Waals surface area contributed by atoms with Crippen LogP contribution in [0.15, 0.2) is 52.9 Å². The van der Waals surface area contributed by atoms with E-state index in [1.165, 1.54) is 0 Å². The SMILES string of the molecule is Cc1c(C(=O)N[C@@H](c2ccccc2)[C@H]2CCCO2)oc2ccc(Cl)cc12. The minimum Gasteiger partial charge on any atom is -0.451 e. The van der Waals surface area contributed by atoms with Crippen molar-refractivity contribution in [2.45, 2.75) is 31.9 Å². The summed E-state index contributed by atoms with van der Waals surface area (Å²) in [4.78, 5) is 13.0. The number of hydrogen-bond acceptors (Lipinski definition) is 3. The number of carbonyl (C=O) groups is 1. The largest absolute Gasteiger partial charge is 0.451 e. The number of nitrogens with one attached hydrogen (secondary N) is 1. The van der Waals surface area contributed by atoms with Crippen molar-refractivity contribution in [1.82, 2.24) is 5.32 Å². The zero-order chi connectivity index (χ0) is 18.1. The number of amides is 1. The van der Waals surface area contributed by atoms with Gasteiger partial charge in [-0.3, -0.25) is 4.79 Å². The Labute approximate surface area is 157 Å². The molecule has 26 heavy (non-hydrogen) atoms. The Morgan fingerprint density at radius 1 is 1.23 bits per heavy atom. The summed E-state index contributed by atoms with van der Waals surface area (Å²) in [5, 5.41) is 4.59. The molecule has 0 radical (unpaired) electrons. The van der Waals surface area contributed by atoms with Gasteiger partial charge in [0, 0.05) is 22.6 Å². The van der Waals surface area contributed by atoms with Gasteiger partial charge in [-0.2, -0.15) is 0 Å². The van der Waals surface area contributed by atoms with Crippen LogP contribution in [0.2, 0.25) is 5.02 Å². The predicted molar refractivity (Wildman–Crippen MR) is 102 cm³/mol. The van der Waals surface area contributed by atoms with Crippen LogP contribution in [0, 0.1) is 6.92 Å². The molecule has 0 saturated carbocycles. The minimum atomic E-state index is -0.237. The molecule has 4 rings (SSSR count). The summed E-state index contributed by atoms with van der Waals surface area (Å²) in [6, 6.07) is 15.1. The zero-order valence-electron chi connectivity index (χ0n) is 14.5. The molecule has 2 atom stereocenters. The maximum absolute atomic E-state index is 13.0. The number of ether oxygens (including phenoxy) is 1. The summed E-state index contributed by atoms with van der Waals surface area (Å²) in [6.07, 6.45) is 1.90. The van der Waals surface area contributed by atoms with E-state index in [-0.39, 0.29) is 18.1 Å². The Kier molecular flexibility index (Phi) is 4.70. The van der Waals surface area contributed by atoms with Gasteiger partial charge in [-0.15, -0.1) is 0 Å². The third-order valence-electron chi connectivity index (χ3n) is 4.89. The number of carbonyl (C=O) groups excluding carboxylic acids is 1. The number of fused-ring (bicyclic) bond motifs is 1. The molecule has 0 spiro atoms. The van der Waals surface area contributed by atoms with Gasteiger partial charge >= 0.3 is 0 Å². The highest BCUT2D eigenvalue weighted by molar-refractivity contribution is 6.31. The van der Waals surface area contributed by atoms with Gasteiger partial charge in [-0.25, -0.2) is 0 Å². The van der Waals surface area contributed by atoms with E-state index < -0.39 is 0 Å². The smallest absolute Gasteiger partial charge is 0.287 e. The Morgan fingerprint density at radius 3 is 2.77 bits per heavy atom. The van der Waals surface area contributed by atoms with E-state index in [1.807, 2.05) is 43.3 Å². The van der Waals surface area contributed by atoms with Crippen molar-refractivity contribution in [3.8, 4) is 0 Å². The molecule has 5 heteroatoms. The molecule has 3 aromatic rings. The normalized spacial score (nSPS) is 18.2. The van der Waals surface area contributed by atoms with Crippen molar-refractivity contribution in [3.05, 3.63) is 70.4 Å². The molecule has 1 aliphatic heterocycles. The second kappa shape index (κ2) is 7.14. The molecular formula is C21H20ClNO3. The van der Waals surface area contributed by atoms with Crippen LogP contribution >= 0.6 is 11.6 Å². The second-order valence-corrected chi connectivity index (χ2v) is 7.05. The predicted octanol–water partition coefficient (Wildman–Crippen LogP) is 5.04. The van der Waals surface area contributed by atoms with Gasteiger partial charge in [-0.05, 0) is 43.5 Å². The highest BCUT2D eigenvalue weighted by atomic mass is 35.5. The van der Waals surface area contributed by atoms with Crippen LogP contribution in [-0.2, 0) is 4.74 Å². The molecule has 4 nitrogen and oxygen atoms in total. The molecule has 1 fully saturated rings. The number of rotatable bonds is 4. The molecule has 1 saturated heterocycles. The number of halogens is 1. The van der Waals surface area contributed by atoms with E-state index in [0.717, 1.165) is 36.0 Å². The fraction of sp³-hybridized carbons (Fsp3) is 0.286. The lowest BCUT2D eigenvalue weighted by Gasteiger charge is -2.24. The molecule has 1 amide bonds. The van der Waals surface area contributed by atoms with Gasteiger partial charge < -0.3 is 14.5 Å². The van der Waals surface area contributed by atoms with E-state index in [0.29, 0.717) is 16.4 Å². The summed E-state index contributed by atoms with van der Waals surface area (Å²) in [5.74, 6) is 0.0837. The van der Waals surface area contributed by atoms with E-state index >= 15 is 0 Å². The van der Waals surface area contributed by atoms with Gasteiger partial charge in [0.2, 0.25) is 0 Å². The maximum atomic E-state index is 13.0. The molecule has 2 heterocycles. The third-order valence-corrected chi connectivity index (χ3v) is 5.12. The van der Waals surface area contributed by atoms with Crippen LogP contribution in [0.3, 0.4) is 0 Å². The van der Waals surface area contributed by atoms with Crippen molar-refractivity contribution in [1.29, 1.82) is 0 Å². The van der Waals surface area contributed by atoms with E-state index in [1.54, 1.807) is 12.1 Å². The van der Waals surface area contributed by atoms with Crippen molar-refractivity contribution in [3.63, 3.8) is 0 Å². The standard InChI is InChI=1S/C21H20ClNO3/c1-13-16-12-15(22)9-10-17(16)26-20(13)21(24)23-19(18-8-5-11-25-18)14-6-3-2-4-7-14/h2-4,6-7,9-10,12,18-19H,5,8,11H2,1H3,(H,23,24)/t18-,19+/m1/s1. The second-order valence-electron chi connectivity index (χ2n) is 6.61. The summed E-state index contributed by atoms with van der Waals surface area (Å²) in [7, 11) is 0. The number of hydrogen-bond donors (Lipinski definition) is 1. The summed E-state index contributed by atoms with van der Waals surface area (Å²) >= 11 is 6.07. The average Bonchev–Trinajstić information content (AvgIpc) is 3.29. The lowest BCUT2D eigenvalue weighted by molar-refractivity contribution is 0.0658. The first kappa shape index (κ1) is 17.1. The fourth-order valence-corrected chi connectivity index (χ4v) is 3.71. The Balaban J connectivity index is 1.65. The molecular weight excluding hydrogens is 350 g/mol. The minimum absolute atomic E-state index is 0.0273. The van der Waals surface area contributed by atoms with Gasteiger partial charge in [0.25, 0.3) is 5.91 Å². The van der Waals surface area contributed by atoms with Gasteiger partial charge in [0.15, 0.2) is 5.76 Å².